The standard InChI is InChI=1S/C10H21BO4/c1-7(13-3)10(6-12-2)8(14-4)5-9(11)15-10/h7-9H,5-6,11H2,1-4H3/t7?,8-,9-,10+/m1/s1. The monoisotopic (exact) mass is 216 g/mol. The predicted octanol–water partition coefficient (Wildman–Crippen LogP) is -0.199. The van der Waals surface area contributed by atoms with Gasteiger partial charge in [0.2, 0.25) is 0 Å². The van der Waals surface area contributed by atoms with Crippen molar-refractivity contribution in [3.8, 4) is 0 Å². The Balaban J connectivity index is 2.87. The van der Waals surface area contributed by atoms with Crippen LogP contribution < -0.4 is 0 Å². The summed E-state index contributed by atoms with van der Waals surface area (Å²) in [4.78, 5) is 0. The van der Waals surface area contributed by atoms with Gasteiger partial charge in [-0.2, -0.15) is 0 Å². The minimum Gasteiger partial charge on any atom is -0.381 e. The molecule has 4 atom stereocenters. The van der Waals surface area contributed by atoms with Crippen molar-refractivity contribution in [1.29, 1.82) is 0 Å². The molecule has 1 fully saturated rings. The predicted molar refractivity (Wildman–Crippen MR) is 59.9 cm³/mol. The summed E-state index contributed by atoms with van der Waals surface area (Å²) in [6, 6.07) is 0.183. The third-order valence-electron chi connectivity index (χ3n) is 3.21. The fraction of sp³-hybridized carbons (Fsp3) is 1.00. The topological polar surface area (TPSA) is 36.9 Å². The van der Waals surface area contributed by atoms with Crippen molar-refractivity contribution in [3.05, 3.63) is 0 Å². The Morgan fingerprint density at radius 1 is 1.47 bits per heavy atom. The average Bonchev–Trinajstić information content (AvgIpc) is 2.55. The highest BCUT2D eigenvalue weighted by Crippen LogP contribution is 2.36. The molecule has 0 amide bonds. The molecule has 4 nitrogen and oxygen atoms in total. The van der Waals surface area contributed by atoms with Crippen molar-refractivity contribution in [2.75, 3.05) is 27.9 Å². The van der Waals surface area contributed by atoms with Crippen molar-refractivity contribution in [2.24, 2.45) is 0 Å². The third-order valence-corrected chi connectivity index (χ3v) is 3.21. The van der Waals surface area contributed by atoms with Crippen molar-refractivity contribution < 1.29 is 18.9 Å². The lowest BCUT2D eigenvalue weighted by Gasteiger charge is -2.37. The first-order valence-electron chi connectivity index (χ1n) is 5.33. The first-order chi connectivity index (χ1) is 7.10. The van der Waals surface area contributed by atoms with Gasteiger partial charge in [0.25, 0.3) is 0 Å². The molecule has 0 bridgehead atoms. The van der Waals surface area contributed by atoms with Crippen LogP contribution >= 0.6 is 0 Å². The van der Waals surface area contributed by atoms with Crippen LogP contribution in [0.3, 0.4) is 0 Å². The lowest BCUT2D eigenvalue weighted by Crippen LogP contribution is -2.54. The van der Waals surface area contributed by atoms with Crippen molar-refractivity contribution in [1.82, 2.24) is 0 Å². The van der Waals surface area contributed by atoms with Gasteiger partial charge in [-0.3, -0.25) is 0 Å². The van der Waals surface area contributed by atoms with E-state index in [0.29, 0.717) is 6.61 Å². The minimum absolute atomic E-state index is 0.0300. The first-order valence-corrected chi connectivity index (χ1v) is 5.33. The van der Waals surface area contributed by atoms with Crippen molar-refractivity contribution >= 4 is 7.85 Å². The highest BCUT2D eigenvalue weighted by molar-refractivity contribution is 6.11. The molecule has 0 aromatic carbocycles. The molecule has 88 valence electrons. The summed E-state index contributed by atoms with van der Waals surface area (Å²) in [6.07, 6.45) is 0.864. The van der Waals surface area contributed by atoms with Crippen LogP contribution in [0.1, 0.15) is 13.3 Å². The van der Waals surface area contributed by atoms with Crippen LogP contribution in [0.5, 0.6) is 0 Å². The fourth-order valence-electron chi connectivity index (χ4n) is 2.32. The van der Waals surface area contributed by atoms with Gasteiger partial charge < -0.3 is 18.9 Å². The molecule has 1 aliphatic heterocycles. The third kappa shape index (κ3) is 2.36. The molecule has 1 aliphatic rings. The number of hydrogen-bond acceptors (Lipinski definition) is 4. The second-order valence-corrected chi connectivity index (χ2v) is 4.15. The zero-order valence-corrected chi connectivity index (χ0v) is 10.3. The van der Waals surface area contributed by atoms with Gasteiger partial charge in [0, 0.05) is 27.3 Å². The van der Waals surface area contributed by atoms with Crippen LogP contribution in [0.15, 0.2) is 0 Å². The quantitative estimate of drug-likeness (QED) is 0.596. The molecule has 1 rings (SSSR count). The Bertz CT molecular complexity index is 202. The van der Waals surface area contributed by atoms with Crippen LogP contribution in [0.25, 0.3) is 0 Å². The van der Waals surface area contributed by atoms with E-state index in [1.807, 2.05) is 14.8 Å². The average molecular weight is 216 g/mol. The summed E-state index contributed by atoms with van der Waals surface area (Å²) in [5.74, 6) is 0. The molecular weight excluding hydrogens is 195 g/mol. The van der Waals surface area contributed by atoms with Gasteiger partial charge in [-0.1, -0.05) is 0 Å². The van der Waals surface area contributed by atoms with Crippen LogP contribution in [0.2, 0.25) is 0 Å². The van der Waals surface area contributed by atoms with Gasteiger partial charge in [-0.25, -0.2) is 0 Å². The van der Waals surface area contributed by atoms with Crippen LogP contribution in [-0.2, 0) is 18.9 Å². The highest BCUT2D eigenvalue weighted by Gasteiger charge is 2.52. The van der Waals surface area contributed by atoms with Crippen molar-refractivity contribution in [2.45, 2.75) is 37.2 Å². The zero-order chi connectivity index (χ0) is 11.5. The maximum absolute atomic E-state index is 5.97. The molecule has 5 heteroatoms. The van der Waals surface area contributed by atoms with Crippen LogP contribution in [0, 0.1) is 0 Å². The van der Waals surface area contributed by atoms with E-state index in [1.54, 1.807) is 21.3 Å². The minimum atomic E-state index is -0.475. The molecule has 1 heterocycles. The molecule has 15 heavy (non-hydrogen) atoms. The Morgan fingerprint density at radius 2 is 2.13 bits per heavy atom. The van der Waals surface area contributed by atoms with Gasteiger partial charge in [0.05, 0.1) is 18.8 Å². The fourth-order valence-corrected chi connectivity index (χ4v) is 2.32. The van der Waals surface area contributed by atoms with Gasteiger partial charge in [0.1, 0.15) is 13.4 Å². The Hall–Kier alpha value is -0.0951. The lowest BCUT2D eigenvalue weighted by molar-refractivity contribution is -0.176. The van der Waals surface area contributed by atoms with E-state index in [2.05, 4.69) is 0 Å². The Morgan fingerprint density at radius 3 is 2.60 bits per heavy atom. The Labute approximate surface area is 92.6 Å². The molecule has 1 unspecified atom stereocenters. The molecule has 0 spiro atoms. The zero-order valence-electron chi connectivity index (χ0n) is 10.3. The maximum Gasteiger partial charge on any atom is 0.142 e. The number of hydrogen-bond donors (Lipinski definition) is 0. The highest BCUT2D eigenvalue weighted by atomic mass is 16.6. The van der Waals surface area contributed by atoms with E-state index >= 15 is 0 Å². The second-order valence-electron chi connectivity index (χ2n) is 4.15. The number of ether oxygens (including phenoxy) is 4. The summed E-state index contributed by atoms with van der Waals surface area (Å²) < 4.78 is 22.1. The van der Waals surface area contributed by atoms with Gasteiger partial charge >= 0.3 is 0 Å². The summed E-state index contributed by atoms with van der Waals surface area (Å²) in [6.45, 7) is 2.48. The summed E-state index contributed by atoms with van der Waals surface area (Å²) in [5.41, 5.74) is -0.475. The first kappa shape index (κ1) is 13.0. The molecule has 0 aliphatic carbocycles. The summed E-state index contributed by atoms with van der Waals surface area (Å²) in [5, 5.41) is 0. The van der Waals surface area contributed by atoms with Gasteiger partial charge in [-0.15, -0.1) is 0 Å². The molecule has 1 saturated heterocycles. The molecule has 0 aromatic rings. The van der Waals surface area contributed by atoms with E-state index in [4.69, 9.17) is 18.9 Å². The van der Waals surface area contributed by atoms with E-state index in [-0.39, 0.29) is 18.2 Å². The summed E-state index contributed by atoms with van der Waals surface area (Å²) >= 11 is 0. The Kier molecular flexibility index (Phi) is 4.58. The van der Waals surface area contributed by atoms with E-state index in [0.717, 1.165) is 6.42 Å². The van der Waals surface area contributed by atoms with E-state index in [1.165, 1.54) is 0 Å². The van der Waals surface area contributed by atoms with E-state index in [9.17, 15) is 0 Å². The maximum atomic E-state index is 5.97. The molecule has 0 aromatic heterocycles. The summed E-state index contributed by atoms with van der Waals surface area (Å²) in [7, 11) is 7.11. The van der Waals surface area contributed by atoms with E-state index < -0.39 is 5.60 Å². The molecule has 0 radical (unpaired) electrons. The van der Waals surface area contributed by atoms with Crippen molar-refractivity contribution in [3.63, 3.8) is 0 Å². The number of methoxy groups -OCH3 is 3. The normalized spacial score (nSPS) is 38.1. The molecular formula is C10H21BO4. The largest absolute Gasteiger partial charge is 0.381 e. The van der Waals surface area contributed by atoms with Gasteiger partial charge in [0.15, 0.2) is 0 Å². The van der Waals surface area contributed by atoms with Crippen LogP contribution in [-0.4, -0.2) is 59.6 Å². The molecule has 0 N–H and O–H groups in total. The second kappa shape index (κ2) is 5.30. The van der Waals surface area contributed by atoms with Gasteiger partial charge in [-0.05, 0) is 13.3 Å². The SMILES string of the molecule is B[C@H]1C[C@@H](OC)[C@](COC)(C(C)OC)O1. The van der Waals surface area contributed by atoms with Crippen LogP contribution in [0.4, 0.5) is 0 Å². The molecule has 0 saturated carbocycles. The smallest absolute Gasteiger partial charge is 0.142 e. The number of rotatable bonds is 5. The lowest BCUT2D eigenvalue weighted by atomic mass is 9.89.